The van der Waals surface area contributed by atoms with Gasteiger partial charge in [0.05, 0.1) is 47.0 Å². The van der Waals surface area contributed by atoms with Gasteiger partial charge in [-0.3, -0.25) is 4.79 Å². The van der Waals surface area contributed by atoms with E-state index in [0.717, 1.165) is 30.8 Å². The summed E-state index contributed by atoms with van der Waals surface area (Å²) in [4.78, 5) is 27.7. The number of benzene rings is 2. The first-order chi connectivity index (χ1) is 19.3. The minimum Gasteiger partial charge on any atom is -0.378 e. The molecule has 3 N–H and O–H groups in total. The molecule has 11 heteroatoms. The molecule has 0 aromatic heterocycles. The van der Waals surface area contributed by atoms with E-state index in [9.17, 15) is 23.6 Å². The molecule has 3 amide bonds. The van der Waals surface area contributed by atoms with E-state index in [0.29, 0.717) is 37.9 Å². The number of nitrogens with one attached hydrogen (secondary N) is 3. The van der Waals surface area contributed by atoms with Crippen molar-refractivity contribution in [1.29, 1.82) is 10.5 Å². The van der Waals surface area contributed by atoms with Crippen LogP contribution in [0.4, 0.5) is 13.6 Å². The third-order valence-electron chi connectivity index (χ3n) is 7.39. The van der Waals surface area contributed by atoms with E-state index in [4.69, 9.17) is 10.00 Å². The Labute approximate surface area is 231 Å². The molecule has 1 atom stereocenters. The normalized spacial score (nSPS) is 18.7. The van der Waals surface area contributed by atoms with Gasteiger partial charge < -0.3 is 25.6 Å². The zero-order chi connectivity index (χ0) is 28.7. The van der Waals surface area contributed by atoms with Crippen LogP contribution in [0.1, 0.15) is 42.0 Å². The Hall–Kier alpha value is -4.32. The number of nitrogens with zero attached hydrogens (tertiary/aromatic N) is 3. The second-order valence-corrected chi connectivity index (χ2v) is 9.86. The van der Waals surface area contributed by atoms with Gasteiger partial charge in [0.1, 0.15) is 0 Å². The Balaban J connectivity index is 1.35. The maximum absolute atomic E-state index is 13.9. The average molecular weight is 549 g/mol. The fourth-order valence-corrected chi connectivity index (χ4v) is 5.17. The lowest BCUT2D eigenvalue weighted by molar-refractivity contribution is -0.118. The fraction of sp³-hybridized carbons (Fsp3) is 0.379. The van der Waals surface area contributed by atoms with Gasteiger partial charge >= 0.3 is 6.03 Å². The van der Waals surface area contributed by atoms with Crippen molar-refractivity contribution in [3.63, 3.8) is 0 Å². The quantitative estimate of drug-likeness (QED) is 0.413. The van der Waals surface area contributed by atoms with Crippen LogP contribution in [0.15, 0.2) is 53.7 Å². The van der Waals surface area contributed by atoms with Crippen molar-refractivity contribution in [1.82, 2.24) is 20.9 Å². The van der Waals surface area contributed by atoms with E-state index < -0.39 is 35.0 Å². The van der Waals surface area contributed by atoms with E-state index in [1.165, 1.54) is 13.2 Å². The molecule has 2 aliphatic rings. The van der Waals surface area contributed by atoms with Crippen LogP contribution in [0, 0.1) is 34.3 Å². The molecule has 9 nitrogen and oxygen atoms in total. The Bertz CT molecular complexity index is 1370. The highest BCUT2D eigenvalue weighted by Gasteiger charge is 2.36. The van der Waals surface area contributed by atoms with Crippen LogP contribution in [0.2, 0.25) is 0 Å². The predicted octanol–water partition coefficient (Wildman–Crippen LogP) is 3.15. The van der Waals surface area contributed by atoms with Crippen LogP contribution in [-0.2, 0) is 14.9 Å². The molecule has 0 saturated carbocycles. The maximum Gasteiger partial charge on any atom is 0.319 e. The predicted molar refractivity (Wildman–Crippen MR) is 141 cm³/mol. The minimum atomic E-state index is -1.08. The van der Waals surface area contributed by atoms with Gasteiger partial charge in [-0.2, -0.15) is 10.5 Å². The first-order valence-corrected chi connectivity index (χ1v) is 13.0. The van der Waals surface area contributed by atoms with Crippen molar-refractivity contribution in [3.8, 4) is 12.1 Å². The molecular weight excluding hydrogens is 518 g/mol. The number of likely N-dealkylation sites (tertiary alicyclic amines) is 1. The Morgan fingerprint density at radius 3 is 2.50 bits per heavy atom. The molecule has 40 heavy (non-hydrogen) atoms. The standard InChI is InChI=1S/C29H30F2N6O3/c1-40-17-24-25(26(36-28(39)35-24)20-5-8-22(30)23(31)15-20)27(38)34-11-2-12-37-13-9-29(18-33,10-14-37)21-6-3-19(16-32)4-7-21/h3-8,15,26H,2,9-14,17H2,1H3,(H,34,38)(H2,35,36,39)/t26-/m1/s1. The molecule has 2 heterocycles. The van der Waals surface area contributed by atoms with Crippen molar-refractivity contribution in [3.05, 3.63) is 82.1 Å². The Kier molecular flexibility index (Phi) is 9.10. The summed E-state index contributed by atoms with van der Waals surface area (Å²) in [6, 6.07) is 13.4. The van der Waals surface area contributed by atoms with Gasteiger partial charge in [-0.1, -0.05) is 18.2 Å². The summed E-state index contributed by atoms with van der Waals surface area (Å²) in [5.74, 6) is -2.57. The smallest absolute Gasteiger partial charge is 0.319 e. The molecule has 1 fully saturated rings. The summed E-state index contributed by atoms with van der Waals surface area (Å²) in [7, 11) is 1.42. The molecule has 0 aliphatic carbocycles. The molecule has 2 aliphatic heterocycles. The van der Waals surface area contributed by atoms with E-state index in [-0.39, 0.29) is 23.4 Å². The van der Waals surface area contributed by atoms with Crippen molar-refractivity contribution < 1.29 is 23.1 Å². The number of hydrogen-bond acceptors (Lipinski definition) is 6. The molecule has 2 aromatic carbocycles. The number of rotatable bonds is 9. The highest BCUT2D eigenvalue weighted by molar-refractivity contribution is 5.98. The Morgan fingerprint density at radius 2 is 1.88 bits per heavy atom. The van der Waals surface area contributed by atoms with Gasteiger partial charge in [-0.05, 0) is 74.3 Å². The summed E-state index contributed by atoms with van der Waals surface area (Å²) in [6.45, 7) is 2.44. The molecular formula is C29H30F2N6O3. The van der Waals surface area contributed by atoms with Gasteiger partial charge in [0.25, 0.3) is 5.91 Å². The highest BCUT2D eigenvalue weighted by atomic mass is 19.2. The summed E-state index contributed by atoms with van der Waals surface area (Å²) >= 11 is 0. The number of carbonyl (C=O) groups is 2. The van der Waals surface area contributed by atoms with Crippen molar-refractivity contribution in [2.24, 2.45) is 0 Å². The van der Waals surface area contributed by atoms with Gasteiger partial charge in [-0.15, -0.1) is 0 Å². The van der Waals surface area contributed by atoms with E-state index >= 15 is 0 Å². The molecule has 0 spiro atoms. The first kappa shape index (κ1) is 28.7. The molecule has 2 aromatic rings. The monoisotopic (exact) mass is 548 g/mol. The number of hydrogen-bond donors (Lipinski definition) is 3. The van der Waals surface area contributed by atoms with Gasteiger partial charge in [-0.25, -0.2) is 13.6 Å². The number of halogens is 2. The number of methoxy groups -OCH3 is 1. The second-order valence-electron chi connectivity index (χ2n) is 9.86. The summed E-state index contributed by atoms with van der Waals surface area (Å²) in [5.41, 5.74) is 1.52. The lowest BCUT2D eigenvalue weighted by Crippen LogP contribution is -2.48. The lowest BCUT2D eigenvalue weighted by Gasteiger charge is -2.37. The van der Waals surface area contributed by atoms with Gasteiger partial charge in [0, 0.05) is 13.7 Å². The topological polar surface area (TPSA) is 130 Å². The minimum absolute atomic E-state index is 0.0516. The van der Waals surface area contributed by atoms with E-state index in [2.05, 4.69) is 33.0 Å². The fourth-order valence-electron chi connectivity index (χ4n) is 5.17. The van der Waals surface area contributed by atoms with Crippen LogP contribution in [0.5, 0.6) is 0 Å². The SMILES string of the molecule is COCC1=C(C(=O)NCCCN2CCC(C#N)(c3ccc(C#N)cc3)CC2)[C@@H](c2ccc(F)c(F)c2)NC(=O)N1. The molecule has 0 bridgehead atoms. The zero-order valence-corrected chi connectivity index (χ0v) is 22.1. The first-order valence-electron chi connectivity index (χ1n) is 13.0. The van der Waals surface area contributed by atoms with E-state index in [1.54, 1.807) is 12.1 Å². The van der Waals surface area contributed by atoms with Crippen molar-refractivity contribution in [2.45, 2.75) is 30.7 Å². The van der Waals surface area contributed by atoms with Crippen LogP contribution in [-0.4, -0.2) is 56.7 Å². The molecule has 208 valence electrons. The number of urea groups is 1. The van der Waals surface area contributed by atoms with Gasteiger partial charge in [0.15, 0.2) is 11.6 Å². The van der Waals surface area contributed by atoms with Crippen molar-refractivity contribution >= 4 is 11.9 Å². The van der Waals surface area contributed by atoms with Crippen molar-refractivity contribution in [2.75, 3.05) is 39.9 Å². The molecule has 0 radical (unpaired) electrons. The second kappa shape index (κ2) is 12.7. The number of nitriles is 2. The maximum atomic E-state index is 13.9. The van der Waals surface area contributed by atoms with Crippen LogP contribution >= 0.6 is 0 Å². The number of piperidine rings is 1. The molecule has 4 rings (SSSR count). The summed E-state index contributed by atoms with van der Waals surface area (Å²) in [5, 5.41) is 27.0. The molecule has 1 saturated heterocycles. The van der Waals surface area contributed by atoms with Crippen LogP contribution in [0.3, 0.4) is 0 Å². The highest BCUT2D eigenvalue weighted by Crippen LogP contribution is 2.35. The number of carbonyl (C=O) groups excluding carboxylic acids is 2. The summed E-state index contributed by atoms with van der Waals surface area (Å²) < 4.78 is 32.6. The lowest BCUT2D eigenvalue weighted by atomic mass is 9.74. The zero-order valence-electron chi connectivity index (χ0n) is 22.1. The van der Waals surface area contributed by atoms with E-state index in [1.807, 2.05) is 12.1 Å². The van der Waals surface area contributed by atoms with Crippen LogP contribution < -0.4 is 16.0 Å². The largest absolute Gasteiger partial charge is 0.378 e. The number of amides is 3. The Morgan fingerprint density at radius 1 is 1.15 bits per heavy atom. The average Bonchev–Trinajstić information content (AvgIpc) is 2.97. The third kappa shape index (κ3) is 6.28. The van der Waals surface area contributed by atoms with Crippen LogP contribution in [0.25, 0.3) is 0 Å². The summed E-state index contributed by atoms with van der Waals surface area (Å²) in [6.07, 6.45) is 1.97. The number of ether oxygens (including phenoxy) is 1. The third-order valence-corrected chi connectivity index (χ3v) is 7.39. The molecule has 0 unspecified atom stereocenters. The van der Waals surface area contributed by atoms with Gasteiger partial charge in [0.2, 0.25) is 0 Å².